The van der Waals surface area contributed by atoms with E-state index >= 15 is 0 Å². The average molecular weight is 420 g/mol. The van der Waals surface area contributed by atoms with Gasteiger partial charge in [0.1, 0.15) is 23.0 Å². The predicted molar refractivity (Wildman–Crippen MR) is 94.4 cm³/mol. The van der Waals surface area contributed by atoms with Crippen molar-refractivity contribution in [2.75, 3.05) is 13.2 Å². The lowest BCUT2D eigenvalue weighted by molar-refractivity contribution is -0.137. The first-order chi connectivity index (χ1) is 11.7. The molecule has 1 rings (SSSR count). The lowest BCUT2D eigenvalue weighted by Crippen LogP contribution is -2.19. The Morgan fingerprint density at radius 3 is 2.52 bits per heavy atom. The summed E-state index contributed by atoms with van der Waals surface area (Å²) in [6.07, 6.45) is 1.03. The fourth-order valence-corrected chi connectivity index (χ4v) is 2.21. The quantitative estimate of drug-likeness (QED) is 0.232. The van der Waals surface area contributed by atoms with Crippen LogP contribution in [0, 0.1) is 17.6 Å². The Morgan fingerprint density at radius 2 is 2.00 bits per heavy atom. The molecule has 0 aliphatic heterocycles. The zero-order chi connectivity index (χ0) is 19.1. The van der Waals surface area contributed by atoms with Gasteiger partial charge in [0.25, 0.3) is 0 Å². The van der Waals surface area contributed by atoms with Crippen molar-refractivity contribution in [2.45, 2.75) is 26.8 Å². The number of benzene rings is 1. The normalized spacial score (nSPS) is 13.9. The van der Waals surface area contributed by atoms with Gasteiger partial charge in [-0.15, -0.1) is 0 Å². The van der Waals surface area contributed by atoms with Crippen molar-refractivity contribution in [1.82, 2.24) is 0 Å². The molecule has 1 aromatic rings. The molecule has 25 heavy (non-hydrogen) atoms. The molecular weight excluding hydrogens is 400 g/mol. The van der Waals surface area contributed by atoms with Crippen molar-refractivity contribution in [3.05, 3.63) is 39.4 Å². The zero-order valence-corrected chi connectivity index (χ0v) is 15.7. The molecule has 1 atom stereocenters. The molecule has 0 heterocycles. The van der Waals surface area contributed by atoms with E-state index in [1.54, 1.807) is 6.92 Å². The van der Waals surface area contributed by atoms with Gasteiger partial charge < -0.3 is 14.9 Å². The van der Waals surface area contributed by atoms with Gasteiger partial charge >= 0.3 is 5.97 Å². The Bertz CT molecular complexity index is 689. The second-order valence-electron chi connectivity index (χ2n) is 5.50. The molecule has 0 bridgehead atoms. The molecule has 0 spiro atoms. The molecule has 0 saturated heterocycles. The number of halogens is 3. The number of aliphatic imine (C=N–C) groups is 1. The van der Waals surface area contributed by atoms with Crippen molar-refractivity contribution >= 4 is 33.9 Å². The van der Waals surface area contributed by atoms with E-state index in [0.29, 0.717) is 6.07 Å². The summed E-state index contributed by atoms with van der Waals surface area (Å²) in [5, 5.41) is 19.6. The van der Waals surface area contributed by atoms with Crippen LogP contribution in [0.5, 0.6) is 0 Å². The number of aliphatic hydroxyl groups is 2. The monoisotopic (exact) mass is 419 g/mol. The maximum atomic E-state index is 14.0. The van der Waals surface area contributed by atoms with Crippen LogP contribution in [-0.2, 0) is 9.53 Å². The van der Waals surface area contributed by atoms with Crippen LogP contribution in [-0.4, -0.2) is 41.7 Å². The third kappa shape index (κ3) is 5.61. The minimum absolute atomic E-state index is 0.0245. The molecule has 0 saturated carbocycles. The van der Waals surface area contributed by atoms with Crippen molar-refractivity contribution in [3.63, 3.8) is 0 Å². The van der Waals surface area contributed by atoms with Crippen LogP contribution in [0.2, 0.25) is 0 Å². The van der Waals surface area contributed by atoms with Crippen LogP contribution in [0.1, 0.15) is 26.3 Å². The molecule has 0 aliphatic rings. The highest BCUT2D eigenvalue weighted by atomic mass is 79.9. The number of rotatable bonds is 7. The molecule has 0 fully saturated rings. The molecular formula is C17H20BrF2NO4. The van der Waals surface area contributed by atoms with Gasteiger partial charge in [0, 0.05) is 12.3 Å². The van der Waals surface area contributed by atoms with E-state index in [9.17, 15) is 23.8 Å². The fourth-order valence-electron chi connectivity index (χ4n) is 1.87. The summed E-state index contributed by atoms with van der Waals surface area (Å²) >= 11 is 2.90. The molecule has 8 heteroatoms. The number of carbonyl (C=O) groups is 1. The van der Waals surface area contributed by atoms with Gasteiger partial charge in [0.05, 0.1) is 29.3 Å². The molecule has 138 valence electrons. The number of hydrogen-bond acceptors (Lipinski definition) is 5. The van der Waals surface area contributed by atoms with E-state index in [0.717, 1.165) is 12.3 Å². The smallest absolute Gasteiger partial charge is 0.343 e. The van der Waals surface area contributed by atoms with Crippen molar-refractivity contribution in [1.29, 1.82) is 0 Å². The largest absolute Gasteiger partial charge is 0.506 e. The minimum atomic E-state index is -1.05. The summed E-state index contributed by atoms with van der Waals surface area (Å²) < 4.78 is 32.1. The highest BCUT2D eigenvalue weighted by Gasteiger charge is 2.21. The summed E-state index contributed by atoms with van der Waals surface area (Å²) in [4.78, 5) is 16.1. The SMILES string of the molecule is CCOC(=O)/C(C=N[C@@H](CO)C(C)C)=C(/O)c1cc(Br)c(F)cc1F. The third-order valence-corrected chi connectivity index (χ3v) is 3.97. The van der Waals surface area contributed by atoms with Gasteiger partial charge in [-0.3, -0.25) is 4.99 Å². The van der Waals surface area contributed by atoms with Crippen LogP contribution in [0.25, 0.3) is 5.76 Å². The summed E-state index contributed by atoms with van der Waals surface area (Å²) in [5.41, 5.74) is -0.772. The Morgan fingerprint density at radius 1 is 1.36 bits per heavy atom. The second-order valence-corrected chi connectivity index (χ2v) is 6.36. The van der Waals surface area contributed by atoms with Crippen molar-refractivity contribution in [2.24, 2.45) is 10.9 Å². The molecule has 5 nitrogen and oxygen atoms in total. The fraction of sp³-hybridized carbons (Fsp3) is 0.412. The highest BCUT2D eigenvalue weighted by molar-refractivity contribution is 9.10. The molecule has 2 N–H and O–H groups in total. The molecule has 0 radical (unpaired) electrons. The van der Waals surface area contributed by atoms with Crippen LogP contribution in [0.15, 0.2) is 27.2 Å². The zero-order valence-electron chi connectivity index (χ0n) is 14.1. The van der Waals surface area contributed by atoms with Crippen molar-refractivity contribution < 1.29 is 28.5 Å². The first-order valence-corrected chi connectivity index (χ1v) is 8.41. The standard InChI is InChI=1S/C17H20BrF2NO4/c1-4-25-17(24)11(7-21-15(8-22)9(2)3)16(23)10-5-12(18)14(20)6-13(10)19/h5-7,9,15,22-23H,4,8H2,1-3H3/b16-11+,21-7?/t15-/m0/s1. The maximum absolute atomic E-state index is 14.0. The molecule has 0 aliphatic carbocycles. The third-order valence-electron chi connectivity index (χ3n) is 3.37. The van der Waals surface area contributed by atoms with Gasteiger partial charge in [0.15, 0.2) is 0 Å². The number of aliphatic hydroxyl groups excluding tert-OH is 2. The average Bonchev–Trinajstić information content (AvgIpc) is 2.54. The van der Waals surface area contributed by atoms with Crippen molar-refractivity contribution in [3.8, 4) is 0 Å². The number of nitrogens with zero attached hydrogens (tertiary/aromatic N) is 1. The van der Waals surface area contributed by atoms with Crippen LogP contribution >= 0.6 is 15.9 Å². The highest BCUT2D eigenvalue weighted by Crippen LogP contribution is 2.26. The molecule has 1 aromatic carbocycles. The van der Waals surface area contributed by atoms with Gasteiger partial charge in [-0.2, -0.15) is 0 Å². The van der Waals surface area contributed by atoms with Crippen LogP contribution in [0.4, 0.5) is 8.78 Å². The molecule has 0 unspecified atom stereocenters. The maximum Gasteiger partial charge on any atom is 0.343 e. The number of hydrogen-bond donors (Lipinski definition) is 2. The van der Waals surface area contributed by atoms with E-state index in [1.165, 1.54) is 0 Å². The van der Waals surface area contributed by atoms with Crippen LogP contribution in [0.3, 0.4) is 0 Å². The number of ether oxygens (including phenoxy) is 1. The summed E-state index contributed by atoms with van der Waals surface area (Å²) in [6, 6.07) is 1.08. The van der Waals surface area contributed by atoms with E-state index < -0.39 is 35.0 Å². The summed E-state index contributed by atoms with van der Waals surface area (Å²) in [7, 11) is 0. The van der Waals surface area contributed by atoms with Gasteiger partial charge in [-0.1, -0.05) is 13.8 Å². The lowest BCUT2D eigenvalue weighted by Gasteiger charge is -2.13. The van der Waals surface area contributed by atoms with Gasteiger partial charge in [0.2, 0.25) is 0 Å². The number of esters is 1. The Balaban J connectivity index is 3.44. The molecule has 0 amide bonds. The first kappa shape index (κ1) is 21.2. The Hall–Kier alpha value is -1.80. The number of carbonyl (C=O) groups excluding carboxylic acids is 1. The minimum Gasteiger partial charge on any atom is -0.506 e. The topological polar surface area (TPSA) is 79.1 Å². The van der Waals surface area contributed by atoms with E-state index in [4.69, 9.17) is 4.74 Å². The lowest BCUT2D eigenvalue weighted by atomic mass is 10.1. The Labute approximate surface area is 153 Å². The van der Waals surface area contributed by atoms with E-state index in [2.05, 4.69) is 20.9 Å². The first-order valence-electron chi connectivity index (χ1n) is 7.62. The van der Waals surface area contributed by atoms with Crippen LogP contribution < -0.4 is 0 Å². The summed E-state index contributed by atoms with van der Waals surface area (Å²) in [6.45, 7) is 4.99. The van der Waals surface area contributed by atoms with Gasteiger partial charge in [-0.25, -0.2) is 13.6 Å². The summed E-state index contributed by atoms with van der Waals surface area (Å²) in [5.74, 6) is -3.56. The predicted octanol–water partition coefficient (Wildman–Crippen LogP) is 3.65. The van der Waals surface area contributed by atoms with Gasteiger partial charge in [-0.05, 0) is 34.8 Å². The van der Waals surface area contributed by atoms with E-state index in [1.807, 2.05) is 13.8 Å². The molecule has 0 aromatic heterocycles. The second kappa shape index (κ2) is 9.62. The Kier molecular flexibility index (Phi) is 8.18. The van der Waals surface area contributed by atoms with E-state index in [-0.39, 0.29) is 29.2 Å².